The molecule has 3 atom stereocenters. The Balaban J connectivity index is 2.37. The number of aryl methyl sites for hydroxylation is 1. The lowest BCUT2D eigenvalue weighted by Crippen LogP contribution is -2.27. The first-order valence-corrected chi connectivity index (χ1v) is 10.1. The van der Waals surface area contributed by atoms with Gasteiger partial charge in [-0.2, -0.15) is 0 Å². The van der Waals surface area contributed by atoms with Crippen LogP contribution < -0.4 is 9.62 Å². The number of rotatable bonds is 7. The van der Waals surface area contributed by atoms with Gasteiger partial charge in [-0.1, -0.05) is 21.4 Å². The van der Waals surface area contributed by atoms with Gasteiger partial charge in [0.05, 0.1) is 29.2 Å². The van der Waals surface area contributed by atoms with E-state index in [0.717, 1.165) is 4.31 Å². The number of anilines is 3. The Morgan fingerprint density at radius 3 is 2.50 bits per heavy atom. The zero-order chi connectivity index (χ0) is 21.1. The van der Waals surface area contributed by atoms with Crippen molar-refractivity contribution in [1.82, 2.24) is 4.90 Å². The third kappa shape index (κ3) is 5.82. The van der Waals surface area contributed by atoms with Crippen molar-refractivity contribution < 1.29 is 17.9 Å². The largest absolute Gasteiger partial charge is 0.755 e. The molecule has 0 spiro atoms. The zero-order valence-corrected chi connectivity index (χ0v) is 18.2. The van der Waals surface area contributed by atoms with Crippen LogP contribution in [0.5, 0.6) is 0 Å². The number of halogens is 1. The van der Waals surface area contributed by atoms with Gasteiger partial charge >= 0.3 is 0 Å². The van der Waals surface area contributed by atoms with Gasteiger partial charge in [0, 0.05) is 5.69 Å². The van der Waals surface area contributed by atoms with Crippen molar-refractivity contribution in [3.8, 4) is 0 Å². The number of hydrogen-bond acceptors (Lipinski definition) is 4. The highest BCUT2D eigenvalue weighted by atomic mass is 32.2. The van der Waals surface area contributed by atoms with Crippen molar-refractivity contribution in [2.24, 2.45) is 0 Å². The highest BCUT2D eigenvalue weighted by molar-refractivity contribution is 7.81. The van der Waals surface area contributed by atoms with Crippen LogP contribution in [-0.2, 0) is 21.5 Å². The molecule has 0 radical (unpaired) electrons. The number of amides is 1. The van der Waals surface area contributed by atoms with Crippen LogP contribution in [0.2, 0.25) is 0 Å². The Labute approximate surface area is 169 Å². The molecule has 0 aliphatic carbocycles. The van der Waals surface area contributed by atoms with Crippen LogP contribution in [0.25, 0.3) is 0 Å². The summed E-state index contributed by atoms with van der Waals surface area (Å²) in [5.41, 5.74) is 2.30. The molecule has 0 fully saturated rings. The summed E-state index contributed by atoms with van der Waals surface area (Å²) in [6.45, 7) is 3.36. The summed E-state index contributed by atoms with van der Waals surface area (Å²) < 4.78 is 39.3. The summed E-state index contributed by atoms with van der Waals surface area (Å²) in [5, 5.41) is 1.09. The second kappa shape index (κ2) is 9.09. The van der Waals surface area contributed by atoms with Gasteiger partial charge in [-0.3, -0.25) is 13.3 Å². The van der Waals surface area contributed by atoms with Crippen LogP contribution >= 0.6 is 9.24 Å². The molecule has 2 aromatic carbocycles. The highest BCUT2D eigenvalue weighted by Crippen LogP contribution is 2.37. The van der Waals surface area contributed by atoms with Crippen molar-refractivity contribution in [3.05, 3.63) is 53.6 Å². The van der Waals surface area contributed by atoms with E-state index in [1.807, 2.05) is 0 Å². The van der Waals surface area contributed by atoms with Crippen LogP contribution in [-0.4, -0.2) is 40.2 Å². The molecule has 152 valence electrons. The lowest BCUT2D eigenvalue weighted by molar-refractivity contribution is -0.116. The second-order valence-electron chi connectivity index (χ2n) is 6.92. The number of carbonyl (C=O) groups excluding carboxylic acids is 1. The minimum absolute atomic E-state index is 0.170. The average Bonchev–Trinajstić information content (AvgIpc) is 2.55. The van der Waals surface area contributed by atoms with E-state index < -0.39 is 16.7 Å². The normalized spacial score (nSPS) is 14.4. The maximum absolute atomic E-state index is 14.3. The van der Waals surface area contributed by atoms with Crippen molar-refractivity contribution in [1.29, 1.82) is 0 Å². The average molecular weight is 424 g/mol. The molecule has 3 unspecified atom stereocenters. The van der Waals surface area contributed by atoms with Crippen molar-refractivity contribution in [2.45, 2.75) is 19.3 Å². The van der Waals surface area contributed by atoms with E-state index in [9.17, 15) is 17.9 Å². The SMILES string of the molecule is Cc1cc(NC(=O)CN(C)C)ccc1N(c1cccc(C(C)(F)P)c1)S(=O)[O-]. The van der Waals surface area contributed by atoms with Gasteiger partial charge in [-0.15, -0.1) is 0 Å². The molecule has 2 aromatic rings. The van der Waals surface area contributed by atoms with E-state index in [4.69, 9.17) is 0 Å². The number of benzene rings is 2. The predicted molar refractivity (Wildman–Crippen MR) is 114 cm³/mol. The number of likely N-dealkylation sites (N-methyl/N-ethyl adjacent to an activating group) is 1. The van der Waals surface area contributed by atoms with Crippen LogP contribution in [0.3, 0.4) is 0 Å². The predicted octanol–water partition coefficient (Wildman–Crippen LogP) is 3.44. The third-order valence-corrected chi connectivity index (χ3v) is 4.99. The maximum atomic E-state index is 14.3. The van der Waals surface area contributed by atoms with Crippen LogP contribution in [0.4, 0.5) is 21.5 Å². The van der Waals surface area contributed by atoms with Gasteiger partial charge in [-0.05, 0) is 69.4 Å². The third-order valence-electron chi connectivity index (χ3n) is 3.95. The zero-order valence-electron chi connectivity index (χ0n) is 16.2. The molecule has 28 heavy (non-hydrogen) atoms. The molecular formula is C19H24FN3O3PS-. The quantitative estimate of drug-likeness (QED) is 0.546. The summed E-state index contributed by atoms with van der Waals surface area (Å²) in [4.78, 5) is 13.7. The summed E-state index contributed by atoms with van der Waals surface area (Å²) >= 11 is -2.62. The number of hydrogen-bond donors (Lipinski definition) is 1. The minimum atomic E-state index is -2.62. The fraction of sp³-hybridized carbons (Fsp3) is 0.316. The molecular weight excluding hydrogens is 400 g/mol. The first-order valence-electron chi connectivity index (χ1n) is 8.52. The Kier molecular flexibility index (Phi) is 7.28. The molecule has 0 saturated carbocycles. The fourth-order valence-electron chi connectivity index (χ4n) is 2.69. The molecule has 0 heterocycles. The molecule has 2 rings (SSSR count). The summed E-state index contributed by atoms with van der Waals surface area (Å²) in [6.07, 6.45) is 0. The van der Waals surface area contributed by atoms with E-state index >= 15 is 0 Å². The van der Waals surface area contributed by atoms with Crippen molar-refractivity contribution >= 4 is 43.5 Å². The molecule has 0 aliphatic rings. The minimum Gasteiger partial charge on any atom is -0.755 e. The van der Waals surface area contributed by atoms with Crippen LogP contribution in [0, 0.1) is 6.92 Å². The molecule has 1 amide bonds. The van der Waals surface area contributed by atoms with E-state index in [0.29, 0.717) is 28.2 Å². The van der Waals surface area contributed by atoms with Gasteiger partial charge < -0.3 is 14.8 Å². The standard InChI is InChI=1S/C19H25FN3O3PS/c1-13-10-15(21-18(24)12-22(3)4)8-9-17(13)23(28(25)26)16-7-5-6-14(11-16)19(2,20)27/h5-11H,12,27H2,1-4H3,(H,21,24)(H,25,26)/p-1. The van der Waals surface area contributed by atoms with Crippen molar-refractivity contribution in [2.75, 3.05) is 30.3 Å². The first-order chi connectivity index (χ1) is 13.0. The number of alkyl halides is 1. The summed E-state index contributed by atoms with van der Waals surface area (Å²) in [6, 6.07) is 11.2. The van der Waals surface area contributed by atoms with Crippen LogP contribution in [0.1, 0.15) is 18.1 Å². The van der Waals surface area contributed by atoms with Crippen molar-refractivity contribution in [3.63, 3.8) is 0 Å². The van der Waals surface area contributed by atoms with E-state index in [-0.39, 0.29) is 12.5 Å². The van der Waals surface area contributed by atoms with Gasteiger partial charge in [0.15, 0.2) is 0 Å². The van der Waals surface area contributed by atoms with Crippen LogP contribution in [0.15, 0.2) is 42.5 Å². The Morgan fingerprint density at radius 2 is 1.96 bits per heavy atom. The molecule has 0 aromatic heterocycles. The Hall–Kier alpha value is -1.86. The van der Waals surface area contributed by atoms with E-state index in [2.05, 4.69) is 14.6 Å². The molecule has 0 saturated heterocycles. The fourth-order valence-corrected chi connectivity index (χ4v) is 3.52. The molecule has 6 nitrogen and oxygen atoms in total. The lowest BCUT2D eigenvalue weighted by Gasteiger charge is -2.29. The Bertz CT molecular complexity index is 887. The Morgan fingerprint density at radius 1 is 1.29 bits per heavy atom. The number of carbonyl (C=O) groups is 1. The monoisotopic (exact) mass is 424 g/mol. The topological polar surface area (TPSA) is 75.7 Å². The summed E-state index contributed by atoms with van der Waals surface area (Å²) in [7, 11) is 5.68. The molecule has 0 aliphatic heterocycles. The molecule has 9 heteroatoms. The second-order valence-corrected chi connectivity index (χ2v) is 8.81. The van der Waals surface area contributed by atoms with Gasteiger partial charge in [-0.25, -0.2) is 4.39 Å². The van der Waals surface area contributed by atoms with Gasteiger partial charge in [0.1, 0.15) is 5.41 Å². The first kappa shape index (κ1) is 22.4. The number of nitrogens with one attached hydrogen (secondary N) is 1. The molecule has 1 N–H and O–H groups in total. The highest BCUT2D eigenvalue weighted by Gasteiger charge is 2.21. The molecule has 0 bridgehead atoms. The number of nitrogens with zero attached hydrogens (tertiary/aromatic N) is 2. The smallest absolute Gasteiger partial charge is 0.238 e. The lowest BCUT2D eigenvalue weighted by atomic mass is 10.1. The van der Waals surface area contributed by atoms with Gasteiger partial charge in [0.25, 0.3) is 0 Å². The maximum Gasteiger partial charge on any atom is 0.238 e. The van der Waals surface area contributed by atoms with E-state index in [1.165, 1.54) is 13.0 Å². The van der Waals surface area contributed by atoms with Gasteiger partial charge in [0.2, 0.25) is 5.91 Å². The van der Waals surface area contributed by atoms with E-state index in [1.54, 1.807) is 62.3 Å². The summed E-state index contributed by atoms with van der Waals surface area (Å²) in [5.74, 6) is -0.170.